The molecule has 5 heteroatoms. The maximum atomic E-state index is 12.2. The summed E-state index contributed by atoms with van der Waals surface area (Å²) in [7, 11) is 0. The predicted octanol–water partition coefficient (Wildman–Crippen LogP) is 3.10. The van der Waals surface area contributed by atoms with Gasteiger partial charge in [0.15, 0.2) is 0 Å². The number of rotatable bonds is 3. The van der Waals surface area contributed by atoms with Gasteiger partial charge in [0.1, 0.15) is 11.8 Å². The number of carbonyl (C=O) groups excluding carboxylic acids is 1. The van der Waals surface area contributed by atoms with E-state index in [-0.39, 0.29) is 18.3 Å². The van der Waals surface area contributed by atoms with Crippen LogP contribution in [0.4, 0.5) is 0 Å². The summed E-state index contributed by atoms with van der Waals surface area (Å²) in [5, 5.41) is 3.88. The van der Waals surface area contributed by atoms with Gasteiger partial charge in [-0.05, 0) is 31.2 Å². The second-order valence-electron chi connectivity index (χ2n) is 5.65. The molecule has 1 saturated carbocycles. The summed E-state index contributed by atoms with van der Waals surface area (Å²) in [6, 6.07) is 7.88. The van der Waals surface area contributed by atoms with E-state index < -0.39 is 0 Å². The van der Waals surface area contributed by atoms with Gasteiger partial charge in [-0.1, -0.05) is 24.6 Å². The van der Waals surface area contributed by atoms with E-state index in [1.54, 1.807) is 0 Å². The van der Waals surface area contributed by atoms with Crippen LogP contribution in [0.1, 0.15) is 36.0 Å². The average Bonchev–Trinajstić information content (AvgIpc) is 2.89. The fourth-order valence-electron chi connectivity index (χ4n) is 3.00. The third-order valence-electron chi connectivity index (χ3n) is 4.10. The maximum absolute atomic E-state index is 12.2. The Morgan fingerprint density at radius 2 is 2.14 bits per heavy atom. The summed E-state index contributed by atoms with van der Waals surface area (Å²) in [6.45, 7) is 0.700. The average molecular weight is 309 g/mol. The topological polar surface area (TPSA) is 68.3 Å². The lowest BCUT2D eigenvalue weighted by molar-refractivity contribution is 0.0943. The predicted molar refractivity (Wildman–Crippen MR) is 85.7 cm³/mol. The van der Waals surface area contributed by atoms with Crippen LogP contribution in [0.3, 0.4) is 0 Å². The summed E-state index contributed by atoms with van der Waals surface area (Å²) in [5.74, 6) is 0.440. The van der Waals surface area contributed by atoms with Crippen LogP contribution >= 0.6 is 12.4 Å². The number of hydrogen-bond donors (Lipinski definition) is 2. The molecular weight excluding hydrogens is 288 g/mol. The highest BCUT2D eigenvalue weighted by atomic mass is 35.5. The van der Waals surface area contributed by atoms with Crippen LogP contribution < -0.4 is 11.1 Å². The van der Waals surface area contributed by atoms with Crippen molar-refractivity contribution in [3.8, 4) is 0 Å². The first-order chi connectivity index (χ1) is 9.74. The minimum atomic E-state index is -0.0610. The summed E-state index contributed by atoms with van der Waals surface area (Å²) in [4.78, 5) is 12.2. The minimum Gasteiger partial charge on any atom is -0.463 e. The van der Waals surface area contributed by atoms with Crippen LogP contribution in [-0.2, 0) is 0 Å². The van der Waals surface area contributed by atoms with Gasteiger partial charge in [-0.25, -0.2) is 0 Å². The molecule has 1 aliphatic carbocycles. The van der Waals surface area contributed by atoms with Gasteiger partial charge in [-0.15, -0.1) is 12.4 Å². The molecule has 3 rings (SSSR count). The second-order valence-corrected chi connectivity index (χ2v) is 5.65. The number of fused-ring (bicyclic) bond motifs is 1. The van der Waals surface area contributed by atoms with Gasteiger partial charge in [0.2, 0.25) is 0 Å². The van der Waals surface area contributed by atoms with Crippen LogP contribution in [0.5, 0.6) is 0 Å². The van der Waals surface area contributed by atoms with Gasteiger partial charge < -0.3 is 15.5 Å². The number of amides is 1. The molecule has 1 aromatic heterocycles. The third-order valence-corrected chi connectivity index (χ3v) is 4.10. The lowest BCUT2D eigenvalue weighted by Gasteiger charge is -2.26. The smallest absolute Gasteiger partial charge is 0.255 e. The quantitative estimate of drug-likeness (QED) is 0.915. The molecule has 2 unspecified atom stereocenters. The van der Waals surface area contributed by atoms with E-state index in [1.807, 2.05) is 24.3 Å². The largest absolute Gasteiger partial charge is 0.463 e. The standard InChI is InChI=1S/C16H20N2O2.ClH/c17-12-5-3-4-11(8-12)9-18-16(19)14-10-20-15-7-2-1-6-13(14)15;/h1-2,6-7,10-12H,3-5,8-9,17H2,(H,18,19);1H. The zero-order chi connectivity index (χ0) is 13.9. The normalized spacial score (nSPS) is 21.8. The highest BCUT2D eigenvalue weighted by Gasteiger charge is 2.20. The monoisotopic (exact) mass is 308 g/mol. The Bertz CT molecular complexity index is 611. The van der Waals surface area contributed by atoms with Crippen molar-refractivity contribution in [2.45, 2.75) is 31.7 Å². The maximum Gasteiger partial charge on any atom is 0.255 e. The summed E-state index contributed by atoms with van der Waals surface area (Å²) in [5.41, 5.74) is 7.33. The zero-order valence-corrected chi connectivity index (χ0v) is 12.7. The number of para-hydroxylation sites is 1. The molecule has 114 valence electrons. The molecule has 0 spiro atoms. The Morgan fingerprint density at radius 1 is 1.33 bits per heavy atom. The van der Waals surface area contributed by atoms with E-state index in [9.17, 15) is 4.79 Å². The molecule has 1 heterocycles. The Labute approximate surface area is 130 Å². The summed E-state index contributed by atoms with van der Waals surface area (Å²) >= 11 is 0. The number of nitrogens with two attached hydrogens (primary N) is 1. The molecule has 3 N–H and O–H groups in total. The van der Waals surface area contributed by atoms with E-state index in [2.05, 4.69) is 5.32 Å². The zero-order valence-electron chi connectivity index (χ0n) is 11.9. The van der Waals surface area contributed by atoms with E-state index in [1.165, 1.54) is 6.26 Å². The van der Waals surface area contributed by atoms with Crippen molar-refractivity contribution in [1.29, 1.82) is 0 Å². The molecule has 0 bridgehead atoms. The van der Waals surface area contributed by atoms with Crippen molar-refractivity contribution < 1.29 is 9.21 Å². The van der Waals surface area contributed by atoms with Crippen LogP contribution in [0.15, 0.2) is 34.9 Å². The highest BCUT2D eigenvalue weighted by Crippen LogP contribution is 2.23. The van der Waals surface area contributed by atoms with Gasteiger partial charge in [-0.2, -0.15) is 0 Å². The van der Waals surface area contributed by atoms with E-state index in [4.69, 9.17) is 10.2 Å². The first kappa shape index (κ1) is 15.9. The number of benzene rings is 1. The van der Waals surface area contributed by atoms with Crippen LogP contribution in [0.2, 0.25) is 0 Å². The minimum absolute atomic E-state index is 0. The van der Waals surface area contributed by atoms with Gasteiger partial charge in [0, 0.05) is 18.0 Å². The van der Waals surface area contributed by atoms with Crippen molar-refractivity contribution in [1.82, 2.24) is 5.32 Å². The molecule has 0 saturated heterocycles. The van der Waals surface area contributed by atoms with Crippen molar-refractivity contribution >= 4 is 29.3 Å². The van der Waals surface area contributed by atoms with Crippen LogP contribution in [-0.4, -0.2) is 18.5 Å². The number of furan rings is 1. The van der Waals surface area contributed by atoms with Crippen molar-refractivity contribution in [3.63, 3.8) is 0 Å². The van der Waals surface area contributed by atoms with Gasteiger partial charge in [0.25, 0.3) is 5.91 Å². The number of halogens is 1. The van der Waals surface area contributed by atoms with Crippen LogP contribution in [0.25, 0.3) is 11.0 Å². The number of hydrogen-bond acceptors (Lipinski definition) is 3. The van der Waals surface area contributed by atoms with Crippen molar-refractivity contribution in [2.75, 3.05) is 6.54 Å². The van der Waals surface area contributed by atoms with Gasteiger partial charge in [-0.3, -0.25) is 4.79 Å². The molecule has 1 aromatic carbocycles. The molecule has 2 atom stereocenters. The molecule has 1 amide bonds. The molecule has 1 fully saturated rings. The summed E-state index contributed by atoms with van der Waals surface area (Å²) < 4.78 is 5.40. The lowest BCUT2D eigenvalue weighted by Crippen LogP contribution is -2.35. The molecule has 2 aromatic rings. The fraction of sp³-hybridized carbons (Fsp3) is 0.438. The lowest BCUT2D eigenvalue weighted by atomic mass is 9.86. The third kappa shape index (κ3) is 3.57. The molecule has 21 heavy (non-hydrogen) atoms. The Kier molecular flexibility index (Phi) is 5.26. The highest BCUT2D eigenvalue weighted by molar-refractivity contribution is 6.05. The number of carbonyl (C=O) groups is 1. The molecular formula is C16H21ClN2O2. The Hall–Kier alpha value is -1.52. The molecule has 0 aliphatic heterocycles. The summed E-state index contributed by atoms with van der Waals surface area (Å²) in [6.07, 6.45) is 5.96. The Morgan fingerprint density at radius 3 is 2.95 bits per heavy atom. The van der Waals surface area contributed by atoms with E-state index in [0.29, 0.717) is 24.1 Å². The van der Waals surface area contributed by atoms with Crippen LogP contribution in [0, 0.1) is 5.92 Å². The fourth-order valence-corrected chi connectivity index (χ4v) is 3.00. The van der Waals surface area contributed by atoms with Crippen molar-refractivity contribution in [2.24, 2.45) is 11.7 Å². The van der Waals surface area contributed by atoms with Gasteiger partial charge in [0.05, 0.1) is 5.56 Å². The molecule has 1 aliphatic rings. The Balaban J connectivity index is 0.00000161. The SMILES string of the molecule is Cl.NC1CCCC(CNC(=O)c2coc3ccccc23)C1. The van der Waals surface area contributed by atoms with Gasteiger partial charge >= 0.3 is 0 Å². The molecule has 4 nitrogen and oxygen atoms in total. The first-order valence-electron chi connectivity index (χ1n) is 7.24. The first-order valence-corrected chi connectivity index (χ1v) is 7.24. The molecule has 0 radical (unpaired) electrons. The van der Waals surface area contributed by atoms with E-state index >= 15 is 0 Å². The number of nitrogens with one attached hydrogen (secondary N) is 1. The van der Waals surface area contributed by atoms with E-state index in [0.717, 1.165) is 36.7 Å². The second kappa shape index (κ2) is 6.96. The van der Waals surface area contributed by atoms with Crippen molar-refractivity contribution in [3.05, 3.63) is 36.1 Å².